The topological polar surface area (TPSA) is 97.4 Å². The summed E-state index contributed by atoms with van der Waals surface area (Å²) in [4.78, 5) is 23.3. The summed E-state index contributed by atoms with van der Waals surface area (Å²) in [6, 6.07) is 11.8. The summed E-state index contributed by atoms with van der Waals surface area (Å²) < 4.78 is 34.6. The molecule has 2 aliphatic rings. The van der Waals surface area contributed by atoms with Crippen molar-refractivity contribution in [3.8, 4) is 11.5 Å². The molecule has 0 aromatic heterocycles. The van der Waals surface area contributed by atoms with Crippen LogP contribution in [0.4, 0.5) is 0 Å². The molecule has 2 aromatic carbocycles. The number of ether oxygens (including phenoxy) is 2. The largest absolute Gasteiger partial charge is 0.454 e. The molecule has 10 heteroatoms. The Morgan fingerprint density at radius 2 is 1.73 bits per heavy atom. The Morgan fingerprint density at radius 3 is 2.43 bits per heavy atom. The Kier molecular flexibility index (Phi) is 5.91. The average molecular weight is 433 g/mol. The molecule has 2 aromatic rings. The molecule has 9 nitrogen and oxygen atoms in total. The van der Waals surface area contributed by atoms with E-state index in [1.165, 1.54) is 31.4 Å². The van der Waals surface area contributed by atoms with Gasteiger partial charge in [-0.05, 0) is 42.0 Å². The van der Waals surface area contributed by atoms with E-state index in [0.717, 1.165) is 36.7 Å². The third kappa shape index (κ3) is 4.41. The molecule has 0 saturated carbocycles. The molecular formula is C20H23N3O6S. The van der Waals surface area contributed by atoms with E-state index in [-0.39, 0.29) is 17.6 Å². The fraction of sp³-hybridized carbons (Fsp3) is 0.350. The fourth-order valence-corrected chi connectivity index (χ4v) is 4.33. The van der Waals surface area contributed by atoms with Crippen molar-refractivity contribution in [1.82, 2.24) is 14.7 Å². The van der Waals surface area contributed by atoms with Gasteiger partial charge in [-0.25, -0.2) is 8.42 Å². The Bertz CT molecular complexity index is 1020. The van der Waals surface area contributed by atoms with E-state index in [0.29, 0.717) is 18.7 Å². The lowest BCUT2D eigenvalue weighted by molar-refractivity contribution is 0.0628. The van der Waals surface area contributed by atoms with Crippen LogP contribution >= 0.6 is 0 Å². The van der Waals surface area contributed by atoms with Crippen molar-refractivity contribution in [2.24, 2.45) is 0 Å². The molecule has 160 valence electrons. The van der Waals surface area contributed by atoms with Gasteiger partial charge in [-0.15, -0.1) is 0 Å². The smallest absolute Gasteiger partial charge is 0.262 e. The van der Waals surface area contributed by atoms with E-state index in [4.69, 9.17) is 9.47 Å². The molecule has 0 aliphatic carbocycles. The highest BCUT2D eigenvalue weighted by Gasteiger charge is 2.23. The van der Waals surface area contributed by atoms with Gasteiger partial charge in [-0.3, -0.25) is 14.5 Å². The molecule has 1 fully saturated rings. The van der Waals surface area contributed by atoms with Crippen LogP contribution in [0.5, 0.6) is 11.5 Å². The zero-order valence-corrected chi connectivity index (χ0v) is 17.4. The summed E-state index contributed by atoms with van der Waals surface area (Å²) in [7, 11) is -2.52. The van der Waals surface area contributed by atoms with Crippen molar-refractivity contribution in [1.29, 1.82) is 0 Å². The van der Waals surface area contributed by atoms with E-state index in [2.05, 4.69) is 9.74 Å². The molecule has 4 rings (SSSR count). The Hall–Kier alpha value is -2.66. The molecular weight excluding hydrogens is 410 g/mol. The van der Waals surface area contributed by atoms with Gasteiger partial charge in [0.1, 0.15) is 0 Å². The first-order chi connectivity index (χ1) is 14.5. The number of carbonyl (C=O) groups is 1. The minimum atomic E-state index is -3.74. The maximum Gasteiger partial charge on any atom is 0.262 e. The molecule has 30 heavy (non-hydrogen) atoms. The normalized spacial score (nSPS) is 16.6. The second-order valence-electron chi connectivity index (χ2n) is 7.07. The fourth-order valence-electron chi connectivity index (χ4n) is 3.52. The van der Waals surface area contributed by atoms with Crippen LogP contribution in [0, 0.1) is 0 Å². The molecule has 1 N–H and O–H groups in total. The zero-order chi connectivity index (χ0) is 21.1. The molecule has 2 aliphatic heterocycles. The number of hydrogen-bond donors (Lipinski definition) is 1. The minimum Gasteiger partial charge on any atom is -0.454 e. The van der Waals surface area contributed by atoms with Crippen LogP contribution in [-0.2, 0) is 21.4 Å². The standard InChI is InChI=1S/C20H23N3O6S/c1-27-21-30(25,26)17-5-3-16(4-6-17)20(24)23-10-8-22(9-11-23)13-15-2-7-18-19(12-15)29-14-28-18/h2-7,12,21H,8-11,13-14H2,1H3. The monoisotopic (exact) mass is 433 g/mol. The summed E-state index contributed by atoms with van der Waals surface area (Å²) in [5.41, 5.74) is 1.59. The summed E-state index contributed by atoms with van der Waals surface area (Å²) >= 11 is 0. The lowest BCUT2D eigenvalue weighted by Crippen LogP contribution is -2.48. The molecule has 0 bridgehead atoms. The van der Waals surface area contributed by atoms with Gasteiger partial charge in [0, 0.05) is 38.3 Å². The van der Waals surface area contributed by atoms with Crippen LogP contribution in [-0.4, -0.2) is 64.2 Å². The van der Waals surface area contributed by atoms with Crippen molar-refractivity contribution in [2.45, 2.75) is 11.4 Å². The molecule has 0 unspecified atom stereocenters. The van der Waals surface area contributed by atoms with Gasteiger partial charge in [0.15, 0.2) is 11.5 Å². The lowest BCUT2D eigenvalue weighted by Gasteiger charge is -2.34. The van der Waals surface area contributed by atoms with Gasteiger partial charge in [-0.1, -0.05) is 11.0 Å². The first-order valence-corrected chi connectivity index (χ1v) is 11.0. The first-order valence-electron chi connectivity index (χ1n) is 9.51. The Labute approximate surface area is 175 Å². The first kappa shape index (κ1) is 20.6. The summed E-state index contributed by atoms with van der Waals surface area (Å²) in [5.74, 6) is 1.43. The predicted molar refractivity (Wildman–Crippen MR) is 108 cm³/mol. The highest BCUT2D eigenvalue weighted by atomic mass is 32.2. The molecule has 0 radical (unpaired) electrons. The molecule has 0 spiro atoms. The SMILES string of the molecule is CONS(=O)(=O)c1ccc(C(=O)N2CCN(Cc3ccc4c(c3)OCO4)CC2)cc1. The van der Waals surface area contributed by atoms with E-state index >= 15 is 0 Å². The summed E-state index contributed by atoms with van der Waals surface area (Å²) in [6.07, 6.45) is 0. The highest BCUT2D eigenvalue weighted by molar-refractivity contribution is 7.89. The van der Waals surface area contributed by atoms with Crippen LogP contribution in [0.3, 0.4) is 0 Å². The number of carbonyl (C=O) groups excluding carboxylic acids is 1. The van der Waals surface area contributed by atoms with Gasteiger partial charge in [0.05, 0.1) is 12.0 Å². The van der Waals surface area contributed by atoms with E-state index in [1.54, 1.807) is 4.90 Å². The highest BCUT2D eigenvalue weighted by Crippen LogP contribution is 2.32. The Balaban J connectivity index is 1.33. The van der Waals surface area contributed by atoms with Crippen LogP contribution in [0.1, 0.15) is 15.9 Å². The minimum absolute atomic E-state index is 0.0365. The van der Waals surface area contributed by atoms with E-state index < -0.39 is 10.0 Å². The number of nitrogens with zero attached hydrogens (tertiary/aromatic N) is 2. The van der Waals surface area contributed by atoms with Gasteiger partial charge in [0.2, 0.25) is 6.79 Å². The Morgan fingerprint density at radius 1 is 1.03 bits per heavy atom. The van der Waals surface area contributed by atoms with Crippen LogP contribution in [0.2, 0.25) is 0 Å². The van der Waals surface area contributed by atoms with Crippen LogP contribution < -0.4 is 14.4 Å². The number of fused-ring (bicyclic) bond motifs is 1. The van der Waals surface area contributed by atoms with E-state index in [9.17, 15) is 13.2 Å². The molecule has 2 heterocycles. The number of amides is 1. The summed E-state index contributed by atoms with van der Waals surface area (Å²) in [6.45, 7) is 3.76. The molecule has 1 amide bonds. The van der Waals surface area contributed by atoms with Crippen molar-refractivity contribution in [3.05, 3.63) is 53.6 Å². The van der Waals surface area contributed by atoms with E-state index in [1.807, 2.05) is 23.1 Å². The van der Waals surface area contributed by atoms with Crippen LogP contribution in [0.15, 0.2) is 47.4 Å². The third-order valence-corrected chi connectivity index (χ3v) is 6.39. The van der Waals surface area contributed by atoms with Gasteiger partial charge < -0.3 is 14.4 Å². The third-order valence-electron chi connectivity index (χ3n) is 5.11. The second kappa shape index (κ2) is 8.60. The zero-order valence-electron chi connectivity index (χ0n) is 16.5. The lowest BCUT2D eigenvalue weighted by atomic mass is 10.1. The maximum absolute atomic E-state index is 12.8. The number of hydrogen-bond acceptors (Lipinski definition) is 7. The van der Waals surface area contributed by atoms with Gasteiger partial charge in [0.25, 0.3) is 15.9 Å². The van der Waals surface area contributed by atoms with Crippen molar-refractivity contribution in [3.63, 3.8) is 0 Å². The van der Waals surface area contributed by atoms with Gasteiger partial charge in [-0.2, -0.15) is 0 Å². The number of rotatable bonds is 6. The second-order valence-corrected chi connectivity index (χ2v) is 8.72. The number of piperazine rings is 1. The van der Waals surface area contributed by atoms with Crippen molar-refractivity contribution >= 4 is 15.9 Å². The maximum atomic E-state index is 12.8. The van der Waals surface area contributed by atoms with Crippen molar-refractivity contribution < 1.29 is 27.5 Å². The predicted octanol–water partition coefficient (Wildman–Crippen LogP) is 1.21. The number of benzene rings is 2. The summed E-state index contributed by atoms with van der Waals surface area (Å²) in [5, 5.41) is 0. The van der Waals surface area contributed by atoms with Crippen LogP contribution in [0.25, 0.3) is 0 Å². The average Bonchev–Trinajstić information content (AvgIpc) is 3.22. The number of nitrogens with one attached hydrogen (secondary N) is 1. The van der Waals surface area contributed by atoms with Gasteiger partial charge >= 0.3 is 0 Å². The molecule has 0 atom stereocenters. The van der Waals surface area contributed by atoms with Crippen molar-refractivity contribution in [2.75, 3.05) is 40.1 Å². The molecule has 1 saturated heterocycles. The number of sulfonamides is 1. The quantitative estimate of drug-likeness (QED) is 0.684.